The molecule has 0 aromatic heterocycles. The third kappa shape index (κ3) is 4.74. The number of rotatable bonds is 6. The fraction of sp³-hybridized carbons (Fsp3) is 0.727. The Labute approximate surface area is 110 Å². The van der Waals surface area contributed by atoms with Crippen molar-refractivity contribution in [1.82, 2.24) is 10.2 Å². The number of nitrogens with zero attached hydrogens (tertiary/aromatic N) is 1. The summed E-state index contributed by atoms with van der Waals surface area (Å²) in [7, 11) is 1.53. The fourth-order valence-corrected chi connectivity index (χ4v) is 1.98. The minimum atomic E-state index is -1.32. The largest absolute Gasteiger partial charge is 0.480 e. The van der Waals surface area contributed by atoms with E-state index < -0.39 is 30.4 Å². The van der Waals surface area contributed by atoms with E-state index in [2.05, 4.69) is 5.32 Å². The Morgan fingerprint density at radius 2 is 2.00 bits per heavy atom. The number of nitrogens with one attached hydrogen (secondary N) is 1. The predicted octanol–water partition coefficient (Wildman–Crippen LogP) is -1.27. The zero-order valence-electron chi connectivity index (χ0n) is 10.7. The van der Waals surface area contributed by atoms with Crippen LogP contribution in [0.25, 0.3) is 0 Å². The van der Waals surface area contributed by atoms with Crippen LogP contribution in [-0.2, 0) is 9.59 Å². The first-order valence-electron chi connectivity index (χ1n) is 6.00. The number of carbonyl (C=O) groups excluding carboxylic acids is 2. The van der Waals surface area contributed by atoms with E-state index in [-0.39, 0.29) is 12.0 Å². The summed E-state index contributed by atoms with van der Waals surface area (Å²) in [6.07, 6.45) is 0.530. The van der Waals surface area contributed by atoms with Crippen LogP contribution in [0.3, 0.4) is 0 Å². The van der Waals surface area contributed by atoms with Gasteiger partial charge in [-0.3, -0.25) is 4.79 Å². The van der Waals surface area contributed by atoms with Crippen molar-refractivity contribution in [1.29, 1.82) is 0 Å². The monoisotopic (exact) mass is 273 g/mol. The highest BCUT2D eigenvalue weighted by atomic mass is 16.4. The zero-order valence-corrected chi connectivity index (χ0v) is 10.7. The van der Waals surface area contributed by atoms with Gasteiger partial charge in [-0.2, -0.15) is 0 Å². The molecule has 0 spiro atoms. The number of carbonyl (C=O) groups is 3. The lowest BCUT2D eigenvalue weighted by molar-refractivity contribution is -0.140. The Kier molecular flexibility index (Phi) is 5.11. The lowest BCUT2D eigenvalue weighted by Crippen LogP contribution is -2.50. The minimum absolute atomic E-state index is 0.227. The van der Waals surface area contributed by atoms with Gasteiger partial charge in [-0.05, 0) is 18.8 Å². The molecule has 3 amide bonds. The van der Waals surface area contributed by atoms with Crippen molar-refractivity contribution in [3.63, 3.8) is 0 Å². The van der Waals surface area contributed by atoms with Crippen molar-refractivity contribution in [3.8, 4) is 0 Å². The zero-order chi connectivity index (χ0) is 14.6. The maximum absolute atomic E-state index is 11.7. The van der Waals surface area contributed by atoms with E-state index in [0.717, 1.165) is 0 Å². The molecule has 0 radical (unpaired) electrons. The van der Waals surface area contributed by atoms with E-state index in [0.29, 0.717) is 19.4 Å². The van der Waals surface area contributed by atoms with Gasteiger partial charge in [0, 0.05) is 13.6 Å². The summed E-state index contributed by atoms with van der Waals surface area (Å²) in [5.74, 6) is -1.87. The molecule has 0 aliphatic heterocycles. The molecule has 1 aliphatic carbocycles. The molecule has 5 N–H and O–H groups in total. The average Bonchev–Trinajstić information content (AvgIpc) is 2.24. The van der Waals surface area contributed by atoms with Gasteiger partial charge in [-0.15, -0.1) is 0 Å². The standard InChI is InChI=1S/C11H19N3O5/c1-14(5-6-2-7(15)3-6)11(19)13-8(10(17)18)4-9(12)16/h6-8,15H,2-5H2,1H3,(H2,12,16)(H,13,19)(H,17,18)/t6?,7?,8-/m0/s1. The minimum Gasteiger partial charge on any atom is -0.480 e. The van der Waals surface area contributed by atoms with Gasteiger partial charge in [-0.1, -0.05) is 0 Å². The van der Waals surface area contributed by atoms with E-state index in [4.69, 9.17) is 15.9 Å². The number of hydrogen-bond donors (Lipinski definition) is 4. The molecule has 19 heavy (non-hydrogen) atoms. The highest BCUT2D eigenvalue weighted by molar-refractivity contribution is 5.87. The Morgan fingerprint density at radius 3 is 2.42 bits per heavy atom. The Bertz CT molecular complexity index is 367. The molecule has 1 saturated carbocycles. The maximum atomic E-state index is 11.7. The van der Waals surface area contributed by atoms with Crippen LogP contribution in [0.15, 0.2) is 0 Å². The van der Waals surface area contributed by atoms with E-state index in [1.54, 1.807) is 0 Å². The molecule has 0 aromatic carbocycles. The first-order chi connectivity index (χ1) is 8.79. The quantitative estimate of drug-likeness (QED) is 0.479. The summed E-state index contributed by atoms with van der Waals surface area (Å²) in [6, 6.07) is -1.89. The van der Waals surface area contributed by atoms with Crippen LogP contribution in [0, 0.1) is 5.92 Å². The van der Waals surface area contributed by atoms with Crippen molar-refractivity contribution in [2.45, 2.75) is 31.4 Å². The Balaban J connectivity index is 2.42. The summed E-state index contributed by atoms with van der Waals surface area (Å²) < 4.78 is 0. The molecule has 8 nitrogen and oxygen atoms in total. The summed E-state index contributed by atoms with van der Waals surface area (Å²) in [6.45, 7) is 0.436. The second-order valence-corrected chi connectivity index (χ2v) is 4.88. The number of urea groups is 1. The van der Waals surface area contributed by atoms with Gasteiger partial charge in [0.1, 0.15) is 6.04 Å². The maximum Gasteiger partial charge on any atom is 0.326 e. The van der Waals surface area contributed by atoms with Crippen LogP contribution >= 0.6 is 0 Å². The number of amides is 3. The average molecular weight is 273 g/mol. The van der Waals surface area contributed by atoms with Gasteiger partial charge in [0.05, 0.1) is 12.5 Å². The first-order valence-corrected chi connectivity index (χ1v) is 6.00. The molecule has 1 rings (SSSR count). The molecule has 108 valence electrons. The van der Waals surface area contributed by atoms with Crippen LogP contribution in [0.1, 0.15) is 19.3 Å². The number of hydrogen-bond acceptors (Lipinski definition) is 4. The molecule has 0 unspecified atom stereocenters. The predicted molar refractivity (Wildman–Crippen MR) is 65.1 cm³/mol. The molecular weight excluding hydrogens is 254 g/mol. The highest BCUT2D eigenvalue weighted by Crippen LogP contribution is 2.27. The molecule has 8 heteroatoms. The van der Waals surface area contributed by atoms with E-state index in [9.17, 15) is 14.4 Å². The summed E-state index contributed by atoms with van der Waals surface area (Å²) >= 11 is 0. The van der Waals surface area contributed by atoms with Crippen molar-refractivity contribution in [2.24, 2.45) is 11.7 Å². The van der Waals surface area contributed by atoms with E-state index in [1.807, 2.05) is 0 Å². The van der Waals surface area contributed by atoms with Crippen LogP contribution < -0.4 is 11.1 Å². The molecular formula is C11H19N3O5. The fourth-order valence-electron chi connectivity index (χ4n) is 1.98. The van der Waals surface area contributed by atoms with Crippen LogP contribution in [0.4, 0.5) is 4.79 Å². The number of carboxylic acid groups (broad SMARTS) is 1. The van der Waals surface area contributed by atoms with Gasteiger partial charge in [-0.25, -0.2) is 9.59 Å². The van der Waals surface area contributed by atoms with Crippen LogP contribution in [0.5, 0.6) is 0 Å². The van der Waals surface area contributed by atoms with Crippen LogP contribution in [-0.4, -0.2) is 58.8 Å². The second-order valence-electron chi connectivity index (χ2n) is 4.88. The molecule has 0 bridgehead atoms. The normalized spacial score (nSPS) is 23.1. The number of aliphatic carboxylic acids is 1. The van der Waals surface area contributed by atoms with Crippen molar-refractivity contribution in [3.05, 3.63) is 0 Å². The van der Waals surface area contributed by atoms with Gasteiger partial charge >= 0.3 is 12.0 Å². The molecule has 0 heterocycles. The molecule has 1 fully saturated rings. The van der Waals surface area contributed by atoms with E-state index >= 15 is 0 Å². The number of primary amides is 1. The molecule has 1 atom stereocenters. The molecule has 0 saturated heterocycles. The van der Waals surface area contributed by atoms with Crippen molar-refractivity contribution < 1.29 is 24.6 Å². The van der Waals surface area contributed by atoms with Gasteiger partial charge < -0.3 is 26.2 Å². The summed E-state index contributed by atoms with van der Waals surface area (Å²) in [5.41, 5.74) is 4.91. The van der Waals surface area contributed by atoms with Gasteiger partial charge in [0.25, 0.3) is 0 Å². The highest BCUT2D eigenvalue weighted by Gasteiger charge is 2.30. The van der Waals surface area contributed by atoms with Crippen molar-refractivity contribution >= 4 is 17.9 Å². The number of aliphatic hydroxyl groups is 1. The Hall–Kier alpha value is -1.83. The molecule has 1 aliphatic rings. The third-order valence-corrected chi connectivity index (χ3v) is 3.09. The summed E-state index contributed by atoms with van der Waals surface area (Å²) in [4.78, 5) is 34.6. The number of carboxylic acids is 1. The Morgan fingerprint density at radius 1 is 1.42 bits per heavy atom. The SMILES string of the molecule is CN(CC1CC(O)C1)C(=O)N[C@@H](CC(N)=O)C(=O)O. The van der Waals surface area contributed by atoms with E-state index in [1.165, 1.54) is 11.9 Å². The number of aliphatic hydroxyl groups excluding tert-OH is 1. The molecule has 0 aromatic rings. The second kappa shape index (κ2) is 6.37. The van der Waals surface area contributed by atoms with Gasteiger partial charge in [0.2, 0.25) is 5.91 Å². The lowest BCUT2D eigenvalue weighted by atomic mass is 9.82. The third-order valence-electron chi connectivity index (χ3n) is 3.09. The van der Waals surface area contributed by atoms with Crippen molar-refractivity contribution in [2.75, 3.05) is 13.6 Å². The first kappa shape index (κ1) is 15.2. The topological polar surface area (TPSA) is 133 Å². The van der Waals surface area contributed by atoms with Gasteiger partial charge in [0.15, 0.2) is 0 Å². The van der Waals surface area contributed by atoms with Crippen LogP contribution in [0.2, 0.25) is 0 Å². The number of nitrogens with two attached hydrogens (primary N) is 1. The summed E-state index contributed by atoms with van der Waals surface area (Å²) in [5, 5.41) is 20.2. The lowest BCUT2D eigenvalue weighted by Gasteiger charge is -2.34. The smallest absolute Gasteiger partial charge is 0.326 e.